The minimum Gasteiger partial charge on any atom is -0.508 e. The van der Waals surface area contributed by atoms with E-state index in [1.54, 1.807) is 12.1 Å². The van der Waals surface area contributed by atoms with Crippen molar-refractivity contribution in [1.82, 2.24) is 10.6 Å². The van der Waals surface area contributed by atoms with Crippen LogP contribution >= 0.6 is 46.4 Å². The Morgan fingerprint density at radius 3 is 1.64 bits per heavy atom. The standard InChI is InChI=1S/C31H26Cl4N4O5/c32-24-13-21(14-25(33)28(24)41)38(30(43)36-10-9-17-5-7-23(40)8-6-17)39(22-15-26(34)29(42)27(35)16-22)31(44)37-20-11-18-3-1-2-4-19(18)12-20/h1-8,13-16,20,40-42H,9-12H2,(H,36,43)(H,37,44). The van der Waals surface area contributed by atoms with E-state index in [2.05, 4.69) is 10.6 Å². The Labute approximate surface area is 273 Å². The van der Waals surface area contributed by atoms with Gasteiger partial charge in [0.2, 0.25) is 0 Å². The molecule has 9 nitrogen and oxygen atoms in total. The second kappa shape index (κ2) is 13.3. The number of fused-ring (bicyclic) bond motifs is 1. The van der Waals surface area contributed by atoms with Crippen LogP contribution in [0.1, 0.15) is 16.7 Å². The van der Waals surface area contributed by atoms with Gasteiger partial charge in [-0.05, 0) is 72.4 Å². The molecule has 0 heterocycles. The number of carbonyl (C=O) groups excluding carboxylic acids is 2. The van der Waals surface area contributed by atoms with Crippen molar-refractivity contribution in [3.8, 4) is 17.2 Å². The molecule has 0 saturated carbocycles. The average Bonchev–Trinajstić information content (AvgIpc) is 3.40. The normalized spacial score (nSPS) is 12.5. The number of hydrogen-bond acceptors (Lipinski definition) is 5. The van der Waals surface area contributed by atoms with E-state index in [0.29, 0.717) is 19.3 Å². The molecule has 1 aliphatic rings. The van der Waals surface area contributed by atoms with Gasteiger partial charge in [-0.25, -0.2) is 9.59 Å². The first kappa shape index (κ1) is 31.4. The second-order valence-corrected chi connectivity index (χ2v) is 11.7. The number of hydrogen-bond donors (Lipinski definition) is 5. The van der Waals surface area contributed by atoms with Crippen molar-refractivity contribution in [3.63, 3.8) is 0 Å². The van der Waals surface area contributed by atoms with Crippen molar-refractivity contribution in [2.75, 3.05) is 16.6 Å². The summed E-state index contributed by atoms with van der Waals surface area (Å²) in [5, 5.41) is 37.2. The van der Waals surface area contributed by atoms with Crippen molar-refractivity contribution in [1.29, 1.82) is 0 Å². The summed E-state index contributed by atoms with van der Waals surface area (Å²) < 4.78 is 0. The van der Waals surface area contributed by atoms with Crippen molar-refractivity contribution >= 4 is 69.8 Å². The molecule has 228 valence electrons. The number of anilines is 2. The SMILES string of the molecule is O=C(NCCc1ccc(O)cc1)N(c1cc(Cl)c(O)c(Cl)c1)N(C(=O)NC1Cc2ccccc2C1)c1cc(Cl)c(O)c(Cl)c1. The third-order valence-electron chi connectivity index (χ3n) is 7.08. The van der Waals surface area contributed by atoms with E-state index in [9.17, 15) is 24.9 Å². The molecule has 5 rings (SSSR count). The van der Waals surface area contributed by atoms with Crippen LogP contribution in [0.15, 0.2) is 72.8 Å². The van der Waals surface area contributed by atoms with E-state index in [-0.39, 0.29) is 49.8 Å². The van der Waals surface area contributed by atoms with Gasteiger partial charge < -0.3 is 26.0 Å². The van der Waals surface area contributed by atoms with Crippen LogP contribution in [-0.4, -0.2) is 40.0 Å². The Hall–Kier alpha value is -4.02. The van der Waals surface area contributed by atoms with Gasteiger partial charge >= 0.3 is 12.1 Å². The predicted molar refractivity (Wildman–Crippen MR) is 173 cm³/mol. The monoisotopic (exact) mass is 674 g/mol. The molecule has 0 atom stereocenters. The Balaban J connectivity index is 1.53. The van der Waals surface area contributed by atoms with Crippen molar-refractivity contribution in [2.45, 2.75) is 25.3 Å². The molecular weight excluding hydrogens is 650 g/mol. The molecule has 0 aromatic heterocycles. The van der Waals surface area contributed by atoms with Crippen LogP contribution < -0.4 is 20.7 Å². The predicted octanol–water partition coefficient (Wildman–Crippen LogP) is 7.47. The van der Waals surface area contributed by atoms with Gasteiger partial charge in [0.05, 0.1) is 31.5 Å². The highest BCUT2D eigenvalue weighted by atomic mass is 35.5. The number of carbonyl (C=O) groups is 2. The summed E-state index contributed by atoms with van der Waals surface area (Å²) in [6.45, 7) is 0.143. The number of halogens is 4. The van der Waals surface area contributed by atoms with Crippen LogP contribution in [0.25, 0.3) is 0 Å². The van der Waals surface area contributed by atoms with Gasteiger partial charge in [0.15, 0.2) is 11.5 Å². The van der Waals surface area contributed by atoms with E-state index in [4.69, 9.17) is 46.4 Å². The van der Waals surface area contributed by atoms with Crippen molar-refractivity contribution < 1.29 is 24.9 Å². The van der Waals surface area contributed by atoms with Gasteiger partial charge in [-0.15, -0.1) is 0 Å². The summed E-state index contributed by atoms with van der Waals surface area (Å²) in [6, 6.07) is 17.7. The largest absolute Gasteiger partial charge is 0.508 e. The van der Waals surface area contributed by atoms with Gasteiger partial charge in [-0.2, -0.15) is 10.0 Å². The Kier molecular flexibility index (Phi) is 9.51. The highest BCUT2D eigenvalue weighted by Gasteiger charge is 2.34. The van der Waals surface area contributed by atoms with E-state index in [1.165, 1.54) is 36.4 Å². The van der Waals surface area contributed by atoms with Gasteiger partial charge in [0.1, 0.15) is 5.75 Å². The molecule has 0 radical (unpaired) electrons. The van der Waals surface area contributed by atoms with Crippen LogP contribution in [0.4, 0.5) is 21.0 Å². The third kappa shape index (κ3) is 6.87. The van der Waals surface area contributed by atoms with Crippen LogP contribution in [-0.2, 0) is 19.3 Å². The smallest absolute Gasteiger partial charge is 0.341 e. The molecule has 4 aromatic rings. The molecule has 4 aromatic carbocycles. The highest BCUT2D eigenvalue weighted by Crippen LogP contribution is 2.40. The molecule has 13 heteroatoms. The fourth-order valence-corrected chi connectivity index (χ4v) is 5.89. The quantitative estimate of drug-likeness (QED) is 0.136. The zero-order valence-corrected chi connectivity index (χ0v) is 25.9. The first-order valence-electron chi connectivity index (χ1n) is 13.4. The molecular formula is C31H26Cl4N4O5. The zero-order valence-electron chi connectivity index (χ0n) is 22.9. The molecule has 0 aliphatic heterocycles. The molecule has 1 aliphatic carbocycles. The Morgan fingerprint density at radius 2 is 1.16 bits per heavy atom. The molecule has 0 unspecified atom stereocenters. The average molecular weight is 676 g/mol. The maximum Gasteiger partial charge on any atom is 0.341 e. The summed E-state index contributed by atoms with van der Waals surface area (Å²) in [6.07, 6.45) is 1.55. The number of nitrogens with one attached hydrogen (secondary N) is 2. The molecule has 4 amide bonds. The van der Waals surface area contributed by atoms with Crippen molar-refractivity contribution in [2.24, 2.45) is 0 Å². The number of rotatable bonds is 6. The number of phenols is 3. The highest BCUT2D eigenvalue weighted by molar-refractivity contribution is 6.38. The third-order valence-corrected chi connectivity index (χ3v) is 8.23. The molecule has 0 spiro atoms. The van der Waals surface area contributed by atoms with Gasteiger partial charge in [-0.1, -0.05) is 82.8 Å². The lowest BCUT2D eigenvalue weighted by molar-refractivity contribution is 0.235. The number of amides is 4. The lowest BCUT2D eigenvalue weighted by atomic mass is 10.1. The van der Waals surface area contributed by atoms with E-state index < -0.39 is 23.6 Å². The molecule has 0 fully saturated rings. The van der Waals surface area contributed by atoms with Gasteiger partial charge in [0, 0.05) is 12.6 Å². The Morgan fingerprint density at radius 1 is 0.705 bits per heavy atom. The molecule has 5 N–H and O–H groups in total. The summed E-state index contributed by atoms with van der Waals surface area (Å²) in [5.41, 5.74) is 3.12. The number of urea groups is 2. The molecule has 44 heavy (non-hydrogen) atoms. The minimum absolute atomic E-state index is 0.0325. The first-order valence-corrected chi connectivity index (χ1v) is 14.9. The molecule has 0 bridgehead atoms. The van der Waals surface area contributed by atoms with Crippen molar-refractivity contribution in [3.05, 3.63) is 110 Å². The van der Waals surface area contributed by atoms with Gasteiger partial charge in [0.25, 0.3) is 0 Å². The van der Waals surface area contributed by atoms with E-state index in [1.807, 2.05) is 24.3 Å². The lowest BCUT2D eigenvalue weighted by Gasteiger charge is -2.36. The number of benzene rings is 4. The van der Waals surface area contributed by atoms with Crippen LogP contribution in [0.3, 0.4) is 0 Å². The summed E-state index contributed by atoms with van der Waals surface area (Å²) >= 11 is 25.0. The lowest BCUT2D eigenvalue weighted by Crippen LogP contribution is -2.58. The van der Waals surface area contributed by atoms with Crippen LogP contribution in [0, 0.1) is 0 Å². The first-order chi connectivity index (χ1) is 21.0. The summed E-state index contributed by atoms with van der Waals surface area (Å²) in [4.78, 5) is 28.1. The number of nitrogens with zero attached hydrogens (tertiary/aromatic N) is 2. The maximum absolute atomic E-state index is 14.1. The second-order valence-electron chi connectivity index (χ2n) is 10.1. The molecule has 0 saturated heterocycles. The topological polar surface area (TPSA) is 125 Å². The number of hydrazine groups is 1. The maximum atomic E-state index is 14.1. The van der Waals surface area contributed by atoms with E-state index >= 15 is 0 Å². The zero-order chi connectivity index (χ0) is 31.5. The van der Waals surface area contributed by atoms with E-state index in [0.717, 1.165) is 26.7 Å². The Bertz CT molecular complexity index is 1650. The summed E-state index contributed by atoms with van der Waals surface area (Å²) in [7, 11) is 0. The minimum atomic E-state index is -0.758. The van der Waals surface area contributed by atoms with Crippen LogP contribution in [0.5, 0.6) is 17.2 Å². The summed E-state index contributed by atoms with van der Waals surface area (Å²) in [5.74, 6) is -0.687. The van der Waals surface area contributed by atoms with Crippen LogP contribution in [0.2, 0.25) is 20.1 Å². The van der Waals surface area contributed by atoms with Gasteiger partial charge in [-0.3, -0.25) is 0 Å². The fourth-order valence-electron chi connectivity index (χ4n) is 4.94. The fraction of sp³-hybridized carbons (Fsp3) is 0.161. The number of phenolic OH excluding ortho intramolecular Hbond substituents is 3. The number of aromatic hydroxyl groups is 3.